The number of rotatable bonds is 4. The molecule has 2 aromatic rings. The maximum atomic E-state index is 12.6. The lowest BCUT2D eigenvalue weighted by Gasteiger charge is -2.19. The van der Waals surface area contributed by atoms with E-state index in [1.165, 1.54) is 12.1 Å². The molecule has 136 valence electrons. The van der Waals surface area contributed by atoms with Crippen molar-refractivity contribution < 1.29 is 21.0 Å². The first-order chi connectivity index (χ1) is 11.3. The van der Waals surface area contributed by atoms with E-state index in [9.17, 15) is 16.8 Å². The molecule has 2 rings (SSSR count). The molecular formula is C18H22O5S2. The molecule has 0 saturated carbocycles. The average Bonchev–Trinajstić information content (AvgIpc) is 2.45. The van der Waals surface area contributed by atoms with E-state index in [0.717, 1.165) is 17.9 Å². The van der Waals surface area contributed by atoms with Crippen LogP contribution in [0.3, 0.4) is 0 Å². The predicted octanol–water partition coefficient (Wildman–Crippen LogP) is 3.46. The number of hydrogen-bond acceptors (Lipinski definition) is 5. The standard InChI is InChI=1S/C18H22O5S2/c1-13-6-11-16(24(5,19)20)12-17(13)25(21,22)23-15-9-7-14(8-10-15)18(2,3)4/h6-12H,1-5H3. The van der Waals surface area contributed by atoms with Gasteiger partial charge in [0.1, 0.15) is 10.6 Å². The van der Waals surface area contributed by atoms with E-state index in [1.54, 1.807) is 19.1 Å². The van der Waals surface area contributed by atoms with Gasteiger partial charge in [-0.05, 0) is 47.7 Å². The molecule has 0 aromatic heterocycles. The molecule has 5 nitrogen and oxygen atoms in total. The number of hydrogen-bond donors (Lipinski definition) is 0. The number of benzene rings is 2. The molecule has 2 aromatic carbocycles. The molecule has 0 N–H and O–H groups in total. The molecule has 0 aliphatic rings. The van der Waals surface area contributed by atoms with Crippen molar-refractivity contribution in [2.75, 3.05) is 6.26 Å². The Kier molecular flexibility index (Phi) is 5.03. The Balaban J connectivity index is 2.40. The number of sulfone groups is 1. The molecule has 0 unspecified atom stereocenters. The van der Waals surface area contributed by atoms with Gasteiger partial charge in [-0.15, -0.1) is 0 Å². The molecule has 0 aliphatic carbocycles. The van der Waals surface area contributed by atoms with E-state index >= 15 is 0 Å². The summed E-state index contributed by atoms with van der Waals surface area (Å²) >= 11 is 0. The van der Waals surface area contributed by atoms with Crippen LogP contribution in [0, 0.1) is 6.92 Å². The molecule has 0 radical (unpaired) electrons. The van der Waals surface area contributed by atoms with Crippen LogP contribution in [-0.4, -0.2) is 23.1 Å². The molecular weight excluding hydrogens is 360 g/mol. The van der Waals surface area contributed by atoms with Crippen LogP contribution in [0.1, 0.15) is 31.9 Å². The Morgan fingerprint density at radius 3 is 1.92 bits per heavy atom. The Morgan fingerprint density at radius 1 is 0.880 bits per heavy atom. The van der Waals surface area contributed by atoms with Crippen molar-refractivity contribution in [3.8, 4) is 5.75 Å². The minimum atomic E-state index is -4.14. The Bertz CT molecular complexity index is 981. The van der Waals surface area contributed by atoms with Gasteiger partial charge in [0.05, 0.1) is 4.90 Å². The third-order valence-corrected chi connectivity index (χ3v) is 6.28. The van der Waals surface area contributed by atoms with Crippen LogP contribution in [0.2, 0.25) is 0 Å². The molecule has 0 spiro atoms. The largest absolute Gasteiger partial charge is 0.379 e. The van der Waals surface area contributed by atoms with Crippen LogP contribution < -0.4 is 4.18 Å². The quantitative estimate of drug-likeness (QED) is 0.757. The van der Waals surface area contributed by atoms with Gasteiger partial charge in [-0.1, -0.05) is 39.0 Å². The van der Waals surface area contributed by atoms with Gasteiger partial charge in [0.2, 0.25) is 0 Å². The third-order valence-electron chi connectivity index (χ3n) is 3.78. The lowest BCUT2D eigenvalue weighted by Crippen LogP contribution is -2.13. The lowest BCUT2D eigenvalue weighted by molar-refractivity contribution is 0.484. The van der Waals surface area contributed by atoms with E-state index < -0.39 is 20.0 Å². The zero-order valence-corrected chi connectivity index (χ0v) is 16.5. The smallest absolute Gasteiger partial charge is 0.339 e. The van der Waals surface area contributed by atoms with Gasteiger partial charge in [-0.2, -0.15) is 8.42 Å². The van der Waals surface area contributed by atoms with Crippen LogP contribution >= 0.6 is 0 Å². The van der Waals surface area contributed by atoms with Crippen LogP contribution in [-0.2, 0) is 25.4 Å². The van der Waals surface area contributed by atoms with Crippen LogP contribution in [0.15, 0.2) is 52.3 Å². The first kappa shape index (κ1) is 19.5. The second kappa shape index (κ2) is 6.46. The molecule has 7 heteroatoms. The average molecular weight is 383 g/mol. The minimum Gasteiger partial charge on any atom is -0.379 e. The van der Waals surface area contributed by atoms with Gasteiger partial charge >= 0.3 is 10.1 Å². The zero-order valence-electron chi connectivity index (χ0n) is 14.9. The highest BCUT2D eigenvalue weighted by molar-refractivity contribution is 7.90. The van der Waals surface area contributed by atoms with Gasteiger partial charge in [0.15, 0.2) is 9.84 Å². The highest BCUT2D eigenvalue weighted by Crippen LogP contribution is 2.27. The summed E-state index contributed by atoms with van der Waals surface area (Å²) in [6.07, 6.45) is 1.03. The minimum absolute atomic E-state index is 0.0577. The van der Waals surface area contributed by atoms with Crippen molar-refractivity contribution in [3.05, 3.63) is 53.6 Å². The molecule has 0 amide bonds. The van der Waals surface area contributed by atoms with Gasteiger partial charge < -0.3 is 4.18 Å². The highest BCUT2D eigenvalue weighted by Gasteiger charge is 2.22. The second-order valence-electron chi connectivity index (χ2n) is 7.01. The summed E-state index contributed by atoms with van der Waals surface area (Å²) in [5.74, 6) is 0.178. The SMILES string of the molecule is Cc1ccc(S(C)(=O)=O)cc1S(=O)(=O)Oc1ccc(C(C)(C)C)cc1. The van der Waals surface area contributed by atoms with Crippen molar-refractivity contribution in [2.45, 2.75) is 42.9 Å². The fourth-order valence-corrected chi connectivity index (χ4v) is 4.17. The van der Waals surface area contributed by atoms with Gasteiger partial charge in [-0.3, -0.25) is 0 Å². The molecule has 0 saturated heterocycles. The van der Waals surface area contributed by atoms with Crippen molar-refractivity contribution in [3.63, 3.8) is 0 Å². The summed E-state index contributed by atoms with van der Waals surface area (Å²) in [5, 5.41) is 0. The van der Waals surface area contributed by atoms with Crippen molar-refractivity contribution >= 4 is 20.0 Å². The Labute approximate surface area is 149 Å². The molecule has 0 aliphatic heterocycles. The summed E-state index contributed by atoms with van der Waals surface area (Å²) in [6.45, 7) is 7.75. The third kappa shape index (κ3) is 4.61. The maximum absolute atomic E-state index is 12.6. The van der Waals surface area contributed by atoms with Gasteiger partial charge in [0.25, 0.3) is 0 Å². The van der Waals surface area contributed by atoms with E-state index in [0.29, 0.717) is 5.56 Å². The van der Waals surface area contributed by atoms with E-state index in [-0.39, 0.29) is 21.0 Å². The normalized spacial score (nSPS) is 12.8. The Morgan fingerprint density at radius 2 is 1.44 bits per heavy atom. The monoisotopic (exact) mass is 382 g/mol. The maximum Gasteiger partial charge on any atom is 0.339 e. The topological polar surface area (TPSA) is 77.5 Å². The molecule has 0 atom stereocenters. The van der Waals surface area contributed by atoms with Gasteiger partial charge in [-0.25, -0.2) is 8.42 Å². The highest BCUT2D eigenvalue weighted by atomic mass is 32.2. The first-order valence-corrected chi connectivity index (χ1v) is 11.0. The summed E-state index contributed by atoms with van der Waals surface area (Å²) in [4.78, 5) is -0.223. The van der Waals surface area contributed by atoms with Crippen molar-refractivity contribution in [2.24, 2.45) is 0 Å². The molecule has 0 fully saturated rings. The summed E-state index contributed by atoms with van der Waals surface area (Å²) in [5.41, 5.74) is 1.41. The predicted molar refractivity (Wildman–Crippen MR) is 97.2 cm³/mol. The van der Waals surface area contributed by atoms with Gasteiger partial charge in [0, 0.05) is 6.26 Å². The summed E-state index contributed by atoms with van der Waals surface area (Å²) in [7, 11) is -7.66. The van der Waals surface area contributed by atoms with Crippen LogP contribution in [0.5, 0.6) is 5.75 Å². The summed E-state index contributed by atoms with van der Waals surface area (Å²) in [6, 6.07) is 10.8. The van der Waals surface area contributed by atoms with Crippen molar-refractivity contribution in [1.82, 2.24) is 0 Å². The van der Waals surface area contributed by atoms with E-state index in [2.05, 4.69) is 20.8 Å². The van der Waals surface area contributed by atoms with E-state index in [1.807, 2.05) is 12.1 Å². The van der Waals surface area contributed by atoms with Crippen LogP contribution in [0.4, 0.5) is 0 Å². The van der Waals surface area contributed by atoms with Crippen molar-refractivity contribution in [1.29, 1.82) is 0 Å². The summed E-state index contributed by atoms with van der Waals surface area (Å²) < 4.78 is 53.7. The first-order valence-electron chi connectivity index (χ1n) is 7.66. The Hall–Kier alpha value is -1.86. The van der Waals surface area contributed by atoms with Crippen LogP contribution in [0.25, 0.3) is 0 Å². The fraction of sp³-hybridized carbons (Fsp3) is 0.333. The zero-order chi connectivity index (χ0) is 19.0. The lowest BCUT2D eigenvalue weighted by atomic mass is 9.87. The molecule has 0 bridgehead atoms. The fourth-order valence-electron chi connectivity index (χ4n) is 2.26. The van der Waals surface area contributed by atoms with E-state index in [4.69, 9.17) is 4.18 Å². The molecule has 0 heterocycles. The molecule has 25 heavy (non-hydrogen) atoms. The number of aryl methyl sites for hydroxylation is 1. The second-order valence-corrected chi connectivity index (χ2v) is 10.5.